The molecule has 14 heavy (non-hydrogen) atoms. The quantitative estimate of drug-likeness (QED) is 0.643. The molecule has 0 aromatic heterocycles. The Morgan fingerprint density at radius 2 is 2.14 bits per heavy atom. The first-order chi connectivity index (χ1) is 6.85. The van der Waals surface area contributed by atoms with Crippen LogP contribution in [0.4, 0.5) is 0 Å². The average Bonchev–Trinajstić information content (AvgIpc) is 2.69. The van der Waals surface area contributed by atoms with Crippen molar-refractivity contribution in [2.24, 2.45) is 4.99 Å². The van der Waals surface area contributed by atoms with Crippen molar-refractivity contribution in [3.05, 3.63) is 48.7 Å². The fourth-order valence-electron chi connectivity index (χ4n) is 1.77. The lowest BCUT2D eigenvalue weighted by atomic mass is 10.2. The number of rotatable bonds is 3. The Hall–Kier alpha value is -1.41. The zero-order chi connectivity index (χ0) is 9.86. The van der Waals surface area contributed by atoms with Gasteiger partial charge in [0.05, 0.1) is 12.7 Å². The van der Waals surface area contributed by atoms with Crippen LogP contribution in [0.25, 0.3) is 0 Å². The Kier molecular flexibility index (Phi) is 2.46. The lowest BCUT2D eigenvalue weighted by molar-refractivity contribution is -0.788. The molecule has 0 radical (unpaired) electrons. The van der Waals surface area contributed by atoms with Crippen molar-refractivity contribution in [3.8, 4) is 0 Å². The first-order valence-electron chi connectivity index (χ1n) is 4.90. The van der Waals surface area contributed by atoms with Gasteiger partial charge in [-0.05, 0) is 6.58 Å². The molecule has 2 rings (SSSR count). The lowest BCUT2D eigenvalue weighted by Crippen LogP contribution is -2.38. The van der Waals surface area contributed by atoms with E-state index in [2.05, 4.69) is 35.8 Å². The molecule has 1 atom stereocenters. The third-order valence-corrected chi connectivity index (χ3v) is 2.64. The van der Waals surface area contributed by atoms with Gasteiger partial charge in [0, 0.05) is 5.56 Å². The van der Waals surface area contributed by atoms with Gasteiger partial charge in [-0.1, -0.05) is 30.3 Å². The molecule has 2 nitrogen and oxygen atoms in total. The van der Waals surface area contributed by atoms with Crippen LogP contribution in [0.3, 0.4) is 0 Å². The second kappa shape index (κ2) is 3.76. The number of quaternary nitrogens is 1. The Balaban J connectivity index is 2.17. The topological polar surface area (TPSA) is 12.4 Å². The monoisotopic (exact) mass is 187 g/mol. The van der Waals surface area contributed by atoms with Gasteiger partial charge in [0.2, 0.25) is 0 Å². The second-order valence-electron chi connectivity index (χ2n) is 3.67. The summed E-state index contributed by atoms with van der Waals surface area (Å²) in [5, 5.41) is 0. The Morgan fingerprint density at radius 3 is 2.71 bits per heavy atom. The van der Waals surface area contributed by atoms with Crippen LogP contribution in [0.1, 0.15) is 5.56 Å². The van der Waals surface area contributed by atoms with Gasteiger partial charge in [-0.25, -0.2) is 4.99 Å². The van der Waals surface area contributed by atoms with Crippen LogP contribution in [-0.2, 0) is 6.54 Å². The van der Waals surface area contributed by atoms with Crippen LogP contribution >= 0.6 is 0 Å². The van der Waals surface area contributed by atoms with E-state index in [1.165, 1.54) is 5.56 Å². The number of benzene rings is 1. The maximum Gasteiger partial charge on any atom is 0.190 e. The maximum absolute atomic E-state index is 4.28. The van der Waals surface area contributed by atoms with Gasteiger partial charge >= 0.3 is 0 Å². The normalized spacial score (nSPS) is 25.1. The highest BCUT2D eigenvalue weighted by atomic mass is 15.4. The number of nitrogens with zero attached hydrogens (tertiary/aromatic N) is 2. The summed E-state index contributed by atoms with van der Waals surface area (Å²) in [5.41, 5.74) is 1.33. The first kappa shape index (κ1) is 9.16. The van der Waals surface area contributed by atoms with Crippen molar-refractivity contribution in [2.45, 2.75) is 6.54 Å². The molecule has 1 aromatic rings. The van der Waals surface area contributed by atoms with Gasteiger partial charge in [-0.15, -0.1) is 0 Å². The molecule has 0 amide bonds. The molecule has 0 spiro atoms. The van der Waals surface area contributed by atoms with Gasteiger partial charge in [0.1, 0.15) is 13.1 Å². The van der Waals surface area contributed by atoms with Gasteiger partial charge in [0.25, 0.3) is 0 Å². The van der Waals surface area contributed by atoms with E-state index in [0.717, 1.165) is 24.1 Å². The smallest absolute Gasteiger partial charge is 0.190 e. The molecule has 2 heteroatoms. The van der Waals surface area contributed by atoms with Crippen LogP contribution in [0, 0.1) is 0 Å². The fourth-order valence-corrected chi connectivity index (χ4v) is 1.77. The minimum atomic E-state index is 0.782. The van der Waals surface area contributed by atoms with Crippen molar-refractivity contribution in [2.75, 3.05) is 13.1 Å². The SMILES string of the molecule is C=C[N+]1(Cc2ccccc2)C=NCC1. The van der Waals surface area contributed by atoms with Crippen LogP contribution in [0.15, 0.2) is 48.1 Å². The van der Waals surface area contributed by atoms with Gasteiger partial charge in [-0.3, -0.25) is 4.48 Å². The molecule has 1 heterocycles. The summed E-state index contributed by atoms with van der Waals surface area (Å²) in [7, 11) is 0. The minimum absolute atomic E-state index is 0.782. The zero-order valence-electron chi connectivity index (χ0n) is 8.26. The highest BCUT2D eigenvalue weighted by Gasteiger charge is 2.26. The summed E-state index contributed by atoms with van der Waals surface area (Å²) in [6.07, 6.45) is 3.98. The van der Waals surface area contributed by atoms with Crippen molar-refractivity contribution < 1.29 is 4.48 Å². The largest absolute Gasteiger partial charge is 0.250 e. The molecule has 1 aromatic carbocycles. The van der Waals surface area contributed by atoms with Crippen LogP contribution in [0.2, 0.25) is 0 Å². The van der Waals surface area contributed by atoms with Crippen LogP contribution in [0.5, 0.6) is 0 Å². The second-order valence-corrected chi connectivity index (χ2v) is 3.67. The number of aliphatic imine (C=N–C) groups is 1. The molecular weight excluding hydrogens is 172 g/mol. The fraction of sp³-hybridized carbons (Fsp3) is 0.250. The molecule has 0 aliphatic carbocycles. The molecule has 0 saturated heterocycles. The molecule has 72 valence electrons. The Bertz CT molecular complexity index is 343. The van der Waals surface area contributed by atoms with Crippen molar-refractivity contribution in [3.63, 3.8) is 0 Å². The van der Waals surface area contributed by atoms with Gasteiger partial charge in [-0.2, -0.15) is 0 Å². The number of hydrogen-bond donors (Lipinski definition) is 0. The van der Waals surface area contributed by atoms with Crippen molar-refractivity contribution in [1.82, 2.24) is 0 Å². The molecule has 1 unspecified atom stereocenters. The van der Waals surface area contributed by atoms with Crippen LogP contribution in [-0.4, -0.2) is 23.9 Å². The summed E-state index contributed by atoms with van der Waals surface area (Å²) >= 11 is 0. The van der Waals surface area contributed by atoms with Crippen molar-refractivity contribution in [1.29, 1.82) is 0 Å². The predicted octanol–water partition coefficient (Wildman–Crippen LogP) is 2.19. The minimum Gasteiger partial charge on any atom is -0.250 e. The average molecular weight is 187 g/mol. The van der Waals surface area contributed by atoms with E-state index >= 15 is 0 Å². The highest BCUT2D eigenvalue weighted by Crippen LogP contribution is 2.16. The molecule has 1 aliphatic rings. The molecule has 1 aliphatic heterocycles. The van der Waals surface area contributed by atoms with E-state index in [1.807, 2.05) is 18.6 Å². The third-order valence-electron chi connectivity index (χ3n) is 2.64. The molecule has 0 N–H and O–H groups in total. The Morgan fingerprint density at radius 1 is 1.36 bits per heavy atom. The standard InChI is InChI=1S/C12H15N2/c1-2-14(9-8-13-11-14)10-12-6-4-3-5-7-12/h2-7,11H,1,8-10H2/q+1. The Labute approximate surface area is 84.8 Å². The summed E-state index contributed by atoms with van der Waals surface area (Å²) in [6, 6.07) is 10.5. The summed E-state index contributed by atoms with van der Waals surface area (Å²) < 4.78 is 0.782. The van der Waals surface area contributed by atoms with Crippen molar-refractivity contribution >= 4 is 6.34 Å². The predicted molar refractivity (Wildman–Crippen MR) is 58.8 cm³/mol. The number of hydrogen-bond acceptors (Lipinski definition) is 1. The third kappa shape index (κ3) is 1.75. The zero-order valence-corrected chi connectivity index (χ0v) is 8.26. The van der Waals surface area contributed by atoms with E-state index in [-0.39, 0.29) is 0 Å². The van der Waals surface area contributed by atoms with E-state index in [9.17, 15) is 0 Å². The van der Waals surface area contributed by atoms with E-state index < -0.39 is 0 Å². The molecule has 0 fully saturated rings. The maximum atomic E-state index is 4.28. The molecule has 0 saturated carbocycles. The highest BCUT2D eigenvalue weighted by molar-refractivity contribution is 5.49. The van der Waals surface area contributed by atoms with Gasteiger partial charge < -0.3 is 0 Å². The first-order valence-corrected chi connectivity index (χ1v) is 4.90. The van der Waals surface area contributed by atoms with Gasteiger partial charge in [0.15, 0.2) is 6.34 Å². The van der Waals surface area contributed by atoms with E-state index in [1.54, 1.807) is 0 Å². The lowest BCUT2D eigenvalue weighted by Gasteiger charge is -2.25. The van der Waals surface area contributed by atoms with Crippen LogP contribution < -0.4 is 0 Å². The molecular formula is C12H15N2+. The van der Waals surface area contributed by atoms with E-state index in [4.69, 9.17) is 0 Å². The summed E-state index contributed by atoms with van der Waals surface area (Å²) in [6.45, 7) is 6.81. The van der Waals surface area contributed by atoms with E-state index in [0.29, 0.717) is 0 Å². The summed E-state index contributed by atoms with van der Waals surface area (Å²) in [5.74, 6) is 0. The summed E-state index contributed by atoms with van der Waals surface area (Å²) in [4.78, 5) is 4.28. The molecule has 0 bridgehead atoms.